The van der Waals surface area contributed by atoms with Gasteiger partial charge in [-0.15, -0.1) is 0 Å². The summed E-state index contributed by atoms with van der Waals surface area (Å²) in [6, 6.07) is 9.24. The van der Waals surface area contributed by atoms with Crippen LogP contribution in [-0.2, 0) is 6.54 Å². The van der Waals surface area contributed by atoms with Crippen molar-refractivity contribution in [2.75, 3.05) is 7.11 Å². The zero-order chi connectivity index (χ0) is 15.4. The molecule has 2 aromatic heterocycles. The predicted octanol–water partition coefficient (Wildman–Crippen LogP) is 2.00. The number of nitrogens with one attached hydrogen (secondary N) is 2. The number of H-pyrrole nitrogens is 1. The van der Waals surface area contributed by atoms with Gasteiger partial charge in [0.2, 0.25) is 0 Å². The van der Waals surface area contributed by atoms with Crippen molar-refractivity contribution in [1.29, 1.82) is 0 Å². The highest BCUT2D eigenvalue weighted by Gasteiger charge is 2.10. The van der Waals surface area contributed by atoms with Crippen LogP contribution in [0.25, 0.3) is 11.3 Å². The quantitative estimate of drug-likeness (QED) is 0.751. The van der Waals surface area contributed by atoms with E-state index in [4.69, 9.17) is 9.26 Å². The maximum Gasteiger partial charge on any atom is 0.269 e. The van der Waals surface area contributed by atoms with Gasteiger partial charge in [-0.2, -0.15) is 0 Å². The summed E-state index contributed by atoms with van der Waals surface area (Å²) in [7, 11) is 1.62. The van der Waals surface area contributed by atoms with Crippen molar-refractivity contribution < 1.29 is 14.1 Å². The molecule has 0 bridgehead atoms. The molecule has 112 valence electrons. The summed E-state index contributed by atoms with van der Waals surface area (Å²) in [5.74, 6) is 1.16. The molecule has 3 rings (SSSR count). The molecule has 7 heteroatoms. The van der Waals surface area contributed by atoms with Gasteiger partial charge in [0.15, 0.2) is 5.76 Å². The smallest absolute Gasteiger partial charge is 0.269 e. The number of nitrogens with zero attached hydrogens (tertiary/aromatic N) is 2. The molecule has 0 saturated carbocycles. The fourth-order valence-electron chi connectivity index (χ4n) is 1.93. The van der Waals surface area contributed by atoms with E-state index in [9.17, 15) is 4.79 Å². The van der Waals surface area contributed by atoms with Crippen LogP contribution in [0.15, 0.2) is 47.4 Å². The second kappa shape index (κ2) is 6.13. The number of imidazole rings is 1. The lowest BCUT2D eigenvalue weighted by molar-refractivity contribution is 0.0945. The molecule has 0 aliphatic carbocycles. The molecule has 0 spiro atoms. The number of carbonyl (C=O) groups excluding carboxylic acids is 1. The zero-order valence-electron chi connectivity index (χ0n) is 11.9. The standard InChI is InChI=1S/C15H14N4O3/c1-21-12-4-2-10(3-5-12)14-6-11(19-22-14)7-17-15(20)13-8-16-9-18-13/h2-6,8-9H,7H2,1H3,(H,16,18)(H,17,20). The van der Waals surface area contributed by atoms with E-state index in [-0.39, 0.29) is 12.5 Å². The van der Waals surface area contributed by atoms with Crippen LogP contribution in [0.3, 0.4) is 0 Å². The number of ether oxygens (including phenoxy) is 1. The van der Waals surface area contributed by atoms with Crippen molar-refractivity contribution >= 4 is 5.91 Å². The highest BCUT2D eigenvalue weighted by atomic mass is 16.5. The number of benzene rings is 1. The van der Waals surface area contributed by atoms with E-state index in [1.165, 1.54) is 12.5 Å². The molecule has 0 atom stereocenters. The number of carbonyl (C=O) groups is 1. The van der Waals surface area contributed by atoms with Gasteiger partial charge in [-0.05, 0) is 24.3 Å². The third-order valence-corrected chi connectivity index (χ3v) is 3.11. The molecule has 7 nitrogen and oxygen atoms in total. The largest absolute Gasteiger partial charge is 0.497 e. The van der Waals surface area contributed by atoms with E-state index < -0.39 is 0 Å². The Morgan fingerprint density at radius 2 is 2.18 bits per heavy atom. The first-order chi connectivity index (χ1) is 10.8. The second-order valence-electron chi connectivity index (χ2n) is 4.56. The average molecular weight is 298 g/mol. The Bertz CT molecular complexity index is 747. The lowest BCUT2D eigenvalue weighted by Gasteiger charge is -2.00. The summed E-state index contributed by atoms with van der Waals surface area (Å²) in [4.78, 5) is 18.3. The van der Waals surface area contributed by atoms with E-state index >= 15 is 0 Å². The number of methoxy groups -OCH3 is 1. The van der Waals surface area contributed by atoms with Crippen molar-refractivity contribution in [2.45, 2.75) is 6.54 Å². The number of rotatable bonds is 5. The van der Waals surface area contributed by atoms with Gasteiger partial charge < -0.3 is 19.6 Å². The summed E-state index contributed by atoms with van der Waals surface area (Å²) in [5.41, 5.74) is 1.93. The van der Waals surface area contributed by atoms with Crippen LogP contribution in [0.5, 0.6) is 5.75 Å². The molecule has 0 aliphatic rings. The first kappa shape index (κ1) is 13.9. The van der Waals surface area contributed by atoms with Crippen molar-refractivity contribution in [3.63, 3.8) is 0 Å². The van der Waals surface area contributed by atoms with Crippen molar-refractivity contribution in [3.05, 3.63) is 54.2 Å². The Balaban J connectivity index is 1.64. The molecule has 0 radical (unpaired) electrons. The minimum atomic E-state index is -0.244. The first-order valence-electron chi connectivity index (χ1n) is 6.63. The Morgan fingerprint density at radius 3 is 2.86 bits per heavy atom. The van der Waals surface area contributed by atoms with Gasteiger partial charge >= 0.3 is 0 Å². The van der Waals surface area contributed by atoms with Crippen LogP contribution >= 0.6 is 0 Å². The summed E-state index contributed by atoms with van der Waals surface area (Å²) in [6.45, 7) is 0.275. The van der Waals surface area contributed by atoms with Crippen molar-refractivity contribution in [2.24, 2.45) is 0 Å². The lowest BCUT2D eigenvalue weighted by Crippen LogP contribution is -2.23. The Morgan fingerprint density at radius 1 is 1.36 bits per heavy atom. The fourth-order valence-corrected chi connectivity index (χ4v) is 1.93. The third kappa shape index (κ3) is 2.98. The number of aromatic nitrogens is 3. The summed E-state index contributed by atoms with van der Waals surface area (Å²) in [6.07, 6.45) is 2.91. The van der Waals surface area contributed by atoms with Crippen molar-refractivity contribution in [3.8, 4) is 17.1 Å². The van der Waals surface area contributed by atoms with E-state index in [1.54, 1.807) is 13.2 Å². The Hall–Kier alpha value is -3.09. The van der Waals surface area contributed by atoms with Gasteiger partial charge in [-0.25, -0.2) is 4.98 Å². The van der Waals surface area contributed by atoms with Gasteiger partial charge in [0, 0.05) is 11.6 Å². The molecule has 0 unspecified atom stereocenters. The number of aromatic amines is 1. The van der Waals surface area contributed by atoms with E-state index in [0.29, 0.717) is 17.1 Å². The van der Waals surface area contributed by atoms with Gasteiger partial charge in [-0.1, -0.05) is 5.16 Å². The predicted molar refractivity (Wildman–Crippen MR) is 78.2 cm³/mol. The maximum absolute atomic E-state index is 11.8. The Labute approximate surface area is 126 Å². The first-order valence-corrected chi connectivity index (χ1v) is 6.63. The summed E-state index contributed by atoms with van der Waals surface area (Å²) in [5, 5.41) is 6.67. The van der Waals surface area contributed by atoms with E-state index in [0.717, 1.165) is 11.3 Å². The molecule has 0 aliphatic heterocycles. The van der Waals surface area contributed by atoms with Crippen LogP contribution in [0.4, 0.5) is 0 Å². The van der Waals surface area contributed by atoms with Crippen LogP contribution in [0, 0.1) is 0 Å². The molecule has 2 heterocycles. The number of hydrogen-bond donors (Lipinski definition) is 2. The highest BCUT2D eigenvalue weighted by Crippen LogP contribution is 2.23. The topological polar surface area (TPSA) is 93.0 Å². The third-order valence-electron chi connectivity index (χ3n) is 3.11. The van der Waals surface area contributed by atoms with Gasteiger partial charge in [-0.3, -0.25) is 4.79 Å². The Kier molecular flexibility index (Phi) is 3.86. The molecular weight excluding hydrogens is 284 g/mol. The monoisotopic (exact) mass is 298 g/mol. The number of amides is 1. The normalized spacial score (nSPS) is 10.4. The fraction of sp³-hybridized carbons (Fsp3) is 0.133. The SMILES string of the molecule is COc1ccc(-c2cc(CNC(=O)c3cnc[nH]3)no2)cc1. The zero-order valence-corrected chi connectivity index (χ0v) is 11.9. The van der Waals surface area contributed by atoms with Gasteiger partial charge in [0.25, 0.3) is 5.91 Å². The van der Waals surface area contributed by atoms with Crippen LogP contribution < -0.4 is 10.1 Å². The highest BCUT2D eigenvalue weighted by molar-refractivity contribution is 5.91. The lowest BCUT2D eigenvalue weighted by atomic mass is 10.1. The van der Waals surface area contributed by atoms with Gasteiger partial charge in [0.1, 0.15) is 17.1 Å². The number of hydrogen-bond acceptors (Lipinski definition) is 5. The van der Waals surface area contributed by atoms with Crippen molar-refractivity contribution in [1.82, 2.24) is 20.4 Å². The molecule has 2 N–H and O–H groups in total. The molecule has 3 aromatic rings. The van der Waals surface area contributed by atoms with Crippen LogP contribution in [0.2, 0.25) is 0 Å². The molecule has 22 heavy (non-hydrogen) atoms. The maximum atomic E-state index is 11.8. The van der Waals surface area contributed by atoms with Crippen LogP contribution in [-0.4, -0.2) is 28.1 Å². The van der Waals surface area contributed by atoms with E-state index in [1.807, 2.05) is 24.3 Å². The minimum absolute atomic E-state index is 0.244. The van der Waals surface area contributed by atoms with Crippen LogP contribution in [0.1, 0.15) is 16.2 Å². The van der Waals surface area contributed by atoms with Gasteiger partial charge in [0.05, 0.1) is 26.2 Å². The molecular formula is C15H14N4O3. The molecule has 1 aromatic carbocycles. The minimum Gasteiger partial charge on any atom is -0.497 e. The molecule has 0 saturated heterocycles. The molecule has 0 fully saturated rings. The molecule has 1 amide bonds. The summed E-state index contributed by atoms with van der Waals surface area (Å²) >= 11 is 0. The second-order valence-corrected chi connectivity index (χ2v) is 4.56. The van der Waals surface area contributed by atoms with E-state index in [2.05, 4.69) is 20.4 Å². The summed E-state index contributed by atoms with van der Waals surface area (Å²) < 4.78 is 10.4. The average Bonchev–Trinajstić information content (AvgIpc) is 3.24.